The molecule has 0 atom stereocenters. The van der Waals surface area contributed by atoms with Gasteiger partial charge in [-0.15, -0.1) is 0 Å². The van der Waals surface area contributed by atoms with Gasteiger partial charge in [0.1, 0.15) is 0 Å². The Hall–Kier alpha value is 0.883. The zero-order valence-corrected chi connectivity index (χ0v) is 10.0. The molecule has 64 valence electrons. The average molecular weight is 231 g/mol. The molecule has 0 N–H and O–H groups in total. The molecule has 0 aromatic carbocycles. The van der Waals surface area contributed by atoms with Gasteiger partial charge in [-0.3, -0.25) is 0 Å². The molecular formula is C10H20Zr. The first kappa shape index (κ1) is 11.9. The first-order chi connectivity index (χ1) is 5.00. The van der Waals surface area contributed by atoms with Crippen molar-refractivity contribution in [2.75, 3.05) is 0 Å². The van der Waals surface area contributed by atoms with Gasteiger partial charge in [0.15, 0.2) is 0 Å². The molecule has 11 heavy (non-hydrogen) atoms. The Bertz CT molecular complexity index is 38.1. The second-order valence-corrected chi connectivity index (χ2v) is 3.54. The van der Waals surface area contributed by atoms with Crippen molar-refractivity contribution >= 4 is 0 Å². The van der Waals surface area contributed by atoms with Gasteiger partial charge in [0, 0.05) is 26.2 Å². The van der Waals surface area contributed by atoms with Crippen LogP contribution in [-0.2, 0) is 26.2 Å². The fourth-order valence-electron chi connectivity index (χ4n) is 1.77. The van der Waals surface area contributed by atoms with E-state index in [-0.39, 0.29) is 26.2 Å². The van der Waals surface area contributed by atoms with Crippen molar-refractivity contribution in [1.29, 1.82) is 0 Å². The fraction of sp³-hybridized carbons (Fsp3) is 1.00. The van der Waals surface area contributed by atoms with Crippen LogP contribution in [0.1, 0.15) is 64.2 Å². The van der Waals surface area contributed by atoms with Crippen molar-refractivity contribution in [3.8, 4) is 0 Å². The predicted octanol–water partition coefficient (Wildman–Crippen LogP) is 3.90. The molecule has 2 aliphatic carbocycles. The van der Waals surface area contributed by atoms with Crippen LogP contribution in [0.3, 0.4) is 0 Å². The van der Waals surface area contributed by atoms with Crippen LogP contribution in [0, 0.1) is 0 Å². The van der Waals surface area contributed by atoms with Crippen LogP contribution in [-0.4, -0.2) is 0 Å². The predicted molar refractivity (Wildman–Crippen MR) is 46.2 cm³/mol. The van der Waals surface area contributed by atoms with Gasteiger partial charge in [-0.2, -0.15) is 0 Å². The monoisotopic (exact) mass is 230 g/mol. The van der Waals surface area contributed by atoms with Crippen LogP contribution in [0.2, 0.25) is 0 Å². The fourth-order valence-corrected chi connectivity index (χ4v) is 1.77. The summed E-state index contributed by atoms with van der Waals surface area (Å²) in [6.07, 6.45) is 15.0. The second-order valence-electron chi connectivity index (χ2n) is 3.54. The van der Waals surface area contributed by atoms with Gasteiger partial charge in [0.05, 0.1) is 0 Å². The van der Waals surface area contributed by atoms with Crippen molar-refractivity contribution in [2.24, 2.45) is 0 Å². The van der Waals surface area contributed by atoms with E-state index in [1.165, 1.54) is 64.2 Å². The Kier molecular flexibility index (Phi) is 9.70. The number of hydrogen-bond donors (Lipinski definition) is 0. The summed E-state index contributed by atoms with van der Waals surface area (Å²) in [7, 11) is 0. The SMILES string of the molecule is C1CCCC1.C1CCCC1.[Zr]. The summed E-state index contributed by atoms with van der Waals surface area (Å²) in [5.41, 5.74) is 0. The van der Waals surface area contributed by atoms with Gasteiger partial charge < -0.3 is 0 Å². The summed E-state index contributed by atoms with van der Waals surface area (Å²) >= 11 is 0. The first-order valence-electron chi connectivity index (χ1n) is 5.00. The smallest absolute Gasteiger partial charge is 0 e. The van der Waals surface area contributed by atoms with Crippen molar-refractivity contribution in [3.05, 3.63) is 0 Å². The van der Waals surface area contributed by atoms with Gasteiger partial charge in [-0.05, 0) is 0 Å². The van der Waals surface area contributed by atoms with Gasteiger partial charge >= 0.3 is 0 Å². The van der Waals surface area contributed by atoms with E-state index in [0.29, 0.717) is 0 Å². The molecule has 0 aromatic heterocycles. The minimum atomic E-state index is 0. The molecule has 0 radical (unpaired) electrons. The largest absolute Gasteiger partial charge is 0.0533 e. The van der Waals surface area contributed by atoms with E-state index in [1.807, 2.05) is 0 Å². The first-order valence-corrected chi connectivity index (χ1v) is 5.00. The Labute approximate surface area is 90.3 Å². The van der Waals surface area contributed by atoms with E-state index in [2.05, 4.69) is 0 Å². The zero-order valence-electron chi connectivity index (χ0n) is 7.57. The molecule has 2 fully saturated rings. The van der Waals surface area contributed by atoms with E-state index in [9.17, 15) is 0 Å². The molecule has 2 saturated carbocycles. The normalized spacial score (nSPS) is 21.8. The minimum Gasteiger partial charge on any atom is -0.0533 e. The van der Waals surface area contributed by atoms with E-state index >= 15 is 0 Å². The molecule has 0 aromatic rings. The van der Waals surface area contributed by atoms with Gasteiger partial charge in [0.25, 0.3) is 0 Å². The Morgan fingerprint density at radius 2 is 0.364 bits per heavy atom. The molecule has 0 heterocycles. The third-order valence-electron chi connectivity index (χ3n) is 2.50. The number of rotatable bonds is 0. The Morgan fingerprint density at radius 1 is 0.273 bits per heavy atom. The minimum absolute atomic E-state index is 0. The van der Waals surface area contributed by atoms with E-state index in [1.54, 1.807) is 0 Å². The summed E-state index contributed by atoms with van der Waals surface area (Å²) in [6.45, 7) is 0. The van der Waals surface area contributed by atoms with Gasteiger partial charge in [0.2, 0.25) is 0 Å². The third kappa shape index (κ3) is 7.25. The second kappa shape index (κ2) is 8.98. The van der Waals surface area contributed by atoms with Crippen molar-refractivity contribution < 1.29 is 26.2 Å². The molecule has 0 spiro atoms. The molecule has 0 aliphatic heterocycles. The van der Waals surface area contributed by atoms with E-state index < -0.39 is 0 Å². The van der Waals surface area contributed by atoms with Crippen LogP contribution in [0.25, 0.3) is 0 Å². The van der Waals surface area contributed by atoms with Crippen molar-refractivity contribution in [1.82, 2.24) is 0 Å². The molecule has 0 unspecified atom stereocenters. The zero-order chi connectivity index (χ0) is 7.07. The molecule has 0 saturated heterocycles. The Morgan fingerprint density at radius 3 is 0.455 bits per heavy atom. The van der Waals surface area contributed by atoms with Crippen LogP contribution >= 0.6 is 0 Å². The summed E-state index contributed by atoms with van der Waals surface area (Å²) < 4.78 is 0. The molecule has 1 heteroatoms. The van der Waals surface area contributed by atoms with Gasteiger partial charge in [-0.25, -0.2) is 0 Å². The van der Waals surface area contributed by atoms with E-state index in [4.69, 9.17) is 0 Å². The molecule has 0 amide bonds. The van der Waals surface area contributed by atoms with Crippen LogP contribution in [0.4, 0.5) is 0 Å². The maximum atomic E-state index is 1.50. The summed E-state index contributed by atoms with van der Waals surface area (Å²) in [6, 6.07) is 0. The van der Waals surface area contributed by atoms with Crippen molar-refractivity contribution in [2.45, 2.75) is 64.2 Å². The number of hydrogen-bond acceptors (Lipinski definition) is 0. The maximum absolute atomic E-state index is 1.50. The molecular weight excluding hydrogens is 211 g/mol. The average Bonchev–Trinajstić information content (AvgIpc) is 2.67. The molecule has 2 aliphatic rings. The molecule has 0 nitrogen and oxygen atoms in total. The van der Waals surface area contributed by atoms with E-state index in [0.717, 1.165) is 0 Å². The molecule has 2 rings (SSSR count). The van der Waals surface area contributed by atoms with Crippen LogP contribution in [0.5, 0.6) is 0 Å². The van der Waals surface area contributed by atoms with Crippen molar-refractivity contribution in [3.63, 3.8) is 0 Å². The maximum Gasteiger partial charge on any atom is 0 e. The third-order valence-corrected chi connectivity index (χ3v) is 2.50. The standard InChI is InChI=1S/2C5H10.Zr/c2*1-2-4-5-3-1;/h2*1-5H2;. The summed E-state index contributed by atoms with van der Waals surface area (Å²) in [5.74, 6) is 0. The molecule has 0 bridgehead atoms. The summed E-state index contributed by atoms with van der Waals surface area (Å²) in [5, 5.41) is 0. The van der Waals surface area contributed by atoms with Crippen LogP contribution in [0.15, 0.2) is 0 Å². The van der Waals surface area contributed by atoms with Crippen LogP contribution < -0.4 is 0 Å². The topological polar surface area (TPSA) is 0 Å². The summed E-state index contributed by atoms with van der Waals surface area (Å²) in [4.78, 5) is 0. The van der Waals surface area contributed by atoms with Gasteiger partial charge in [-0.1, -0.05) is 64.2 Å². The Balaban J connectivity index is 0.000000167. The quantitative estimate of drug-likeness (QED) is 0.593.